The van der Waals surface area contributed by atoms with Crippen molar-refractivity contribution < 1.29 is 34.0 Å². The van der Waals surface area contributed by atoms with E-state index in [2.05, 4.69) is 39.8 Å². The van der Waals surface area contributed by atoms with Crippen LogP contribution in [0.2, 0.25) is 0 Å². The predicted octanol–water partition coefficient (Wildman–Crippen LogP) is 6.72. The average molecular weight is 571 g/mol. The number of phenolic OH excluding ortho intramolecular Hbond substituents is 2. The summed E-state index contributed by atoms with van der Waals surface area (Å²) in [6, 6.07) is 11.5. The van der Waals surface area contributed by atoms with Gasteiger partial charge in [-0.05, 0) is 97.6 Å². The number of rotatable bonds is 20. The third kappa shape index (κ3) is 14.9. The maximum atomic E-state index is 12.0. The summed E-state index contributed by atoms with van der Waals surface area (Å²) < 4.78 is 15.8. The second-order valence-corrected chi connectivity index (χ2v) is 11.6. The van der Waals surface area contributed by atoms with Crippen LogP contribution in [0.25, 0.3) is 0 Å². The van der Waals surface area contributed by atoms with Gasteiger partial charge in [-0.15, -0.1) is 0 Å². The van der Waals surface area contributed by atoms with Gasteiger partial charge >= 0.3 is 11.9 Å². The number of carbonyl (C=O) groups excluding carboxylic acids is 2. The summed E-state index contributed by atoms with van der Waals surface area (Å²) >= 11 is 0. The number of esters is 2. The van der Waals surface area contributed by atoms with Crippen LogP contribution in [-0.4, -0.2) is 48.6 Å². The standard InChI is InChI=1S/C34H50O7/c1-25(2)21-29-23-27(13-15-31(29)35)9-5-7-11-33(37)40-19-17-39-18-20-41-34(38)12-8-6-10-28-14-16-32(36)30(24-28)22-26(3)4/h13-16,23-26,35-36H,5-12,17-22H2,1-4H3. The largest absolute Gasteiger partial charge is 0.508 e. The Morgan fingerprint density at radius 2 is 1.05 bits per heavy atom. The smallest absolute Gasteiger partial charge is 0.305 e. The summed E-state index contributed by atoms with van der Waals surface area (Å²) in [7, 11) is 0. The molecule has 0 saturated heterocycles. The molecule has 41 heavy (non-hydrogen) atoms. The molecule has 2 N–H and O–H groups in total. The zero-order chi connectivity index (χ0) is 30.0. The van der Waals surface area contributed by atoms with Crippen molar-refractivity contribution in [1.29, 1.82) is 0 Å². The number of aryl methyl sites for hydroxylation is 2. The predicted molar refractivity (Wildman–Crippen MR) is 161 cm³/mol. The van der Waals surface area contributed by atoms with Gasteiger partial charge in [0, 0.05) is 12.8 Å². The highest BCUT2D eigenvalue weighted by atomic mass is 16.6. The van der Waals surface area contributed by atoms with Crippen LogP contribution < -0.4 is 0 Å². The summed E-state index contributed by atoms with van der Waals surface area (Å²) in [5.41, 5.74) is 4.30. The molecule has 0 aliphatic rings. The van der Waals surface area contributed by atoms with Crippen LogP contribution in [0.4, 0.5) is 0 Å². The third-order valence-electron chi connectivity index (χ3n) is 6.72. The molecule has 0 aromatic heterocycles. The summed E-state index contributed by atoms with van der Waals surface area (Å²) in [5.74, 6) is 1.17. The van der Waals surface area contributed by atoms with E-state index in [-0.39, 0.29) is 38.4 Å². The van der Waals surface area contributed by atoms with Crippen LogP contribution in [0.3, 0.4) is 0 Å². The van der Waals surface area contributed by atoms with Gasteiger partial charge in [-0.3, -0.25) is 9.59 Å². The molecule has 0 unspecified atom stereocenters. The lowest BCUT2D eigenvalue weighted by molar-refractivity contribution is -0.146. The summed E-state index contributed by atoms with van der Waals surface area (Å²) in [4.78, 5) is 23.9. The Morgan fingerprint density at radius 1 is 0.634 bits per heavy atom. The fraction of sp³-hybridized carbons (Fsp3) is 0.588. The van der Waals surface area contributed by atoms with Gasteiger partial charge < -0.3 is 24.4 Å². The van der Waals surface area contributed by atoms with E-state index in [1.807, 2.05) is 12.1 Å². The van der Waals surface area contributed by atoms with Gasteiger partial charge in [0.05, 0.1) is 13.2 Å². The minimum Gasteiger partial charge on any atom is -0.508 e. The molecule has 2 aromatic rings. The van der Waals surface area contributed by atoms with Crippen molar-refractivity contribution in [3.63, 3.8) is 0 Å². The highest BCUT2D eigenvalue weighted by molar-refractivity contribution is 5.69. The van der Waals surface area contributed by atoms with Gasteiger partial charge in [0.25, 0.3) is 0 Å². The van der Waals surface area contributed by atoms with Crippen LogP contribution in [0.1, 0.15) is 88.5 Å². The van der Waals surface area contributed by atoms with Crippen LogP contribution in [0.5, 0.6) is 11.5 Å². The normalized spacial score (nSPS) is 11.3. The number of hydrogen-bond acceptors (Lipinski definition) is 7. The van der Waals surface area contributed by atoms with Crippen molar-refractivity contribution in [3.8, 4) is 11.5 Å². The Bertz CT molecular complexity index is 978. The molecule has 2 rings (SSSR count). The number of benzene rings is 2. The monoisotopic (exact) mass is 570 g/mol. The summed E-state index contributed by atoms with van der Waals surface area (Å²) in [5, 5.41) is 20.0. The molecule has 0 heterocycles. The topological polar surface area (TPSA) is 102 Å². The molecule has 0 saturated carbocycles. The van der Waals surface area contributed by atoms with Gasteiger partial charge in [0.1, 0.15) is 24.7 Å². The van der Waals surface area contributed by atoms with E-state index in [1.54, 1.807) is 12.1 Å². The number of ether oxygens (including phenoxy) is 3. The average Bonchev–Trinajstić information content (AvgIpc) is 2.91. The lowest BCUT2D eigenvalue weighted by Crippen LogP contribution is -2.14. The molecular weight excluding hydrogens is 520 g/mol. The Balaban J connectivity index is 1.45. The van der Waals surface area contributed by atoms with E-state index in [0.29, 0.717) is 36.2 Å². The molecule has 2 aromatic carbocycles. The first-order valence-corrected chi connectivity index (χ1v) is 15.1. The molecular formula is C34H50O7. The lowest BCUT2D eigenvalue weighted by Gasteiger charge is -2.10. The molecule has 228 valence electrons. The number of hydrogen-bond donors (Lipinski definition) is 2. The van der Waals surface area contributed by atoms with Crippen molar-refractivity contribution in [3.05, 3.63) is 58.7 Å². The van der Waals surface area contributed by atoms with E-state index in [0.717, 1.165) is 62.5 Å². The number of phenols is 2. The molecule has 0 aliphatic carbocycles. The first-order valence-electron chi connectivity index (χ1n) is 15.1. The fourth-order valence-electron chi connectivity index (χ4n) is 4.67. The highest BCUT2D eigenvalue weighted by Crippen LogP contribution is 2.24. The number of unbranched alkanes of at least 4 members (excludes halogenated alkanes) is 2. The molecule has 0 spiro atoms. The van der Waals surface area contributed by atoms with Crippen LogP contribution in [-0.2, 0) is 49.5 Å². The maximum Gasteiger partial charge on any atom is 0.305 e. The Hall–Kier alpha value is -3.06. The van der Waals surface area contributed by atoms with Gasteiger partial charge in [-0.25, -0.2) is 0 Å². The molecule has 0 bridgehead atoms. The van der Waals surface area contributed by atoms with Gasteiger partial charge in [0.15, 0.2) is 0 Å². The molecule has 7 nitrogen and oxygen atoms in total. The summed E-state index contributed by atoms with van der Waals surface area (Å²) in [6.07, 6.45) is 7.36. The van der Waals surface area contributed by atoms with Gasteiger partial charge in [-0.2, -0.15) is 0 Å². The molecule has 7 heteroatoms. The molecule has 0 fully saturated rings. The molecule has 0 radical (unpaired) electrons. The Kier molecular flexibility index (Phi) is 15.9. The zero-order valence-electron chi connectivity index (χ0n) is 25.5. The van der Waals surface area contributed by atoms with E-state index in [4.69, 9.17) is 14.2 Å². The zero-order valence-corrected chi connectivity index (χ0v) is 25.5. The van der Waals surface area contributed by atoms with Crippen molar-refractivity contribution >= 4 is 11.9 Å². The van der Waals surface area contributed by atoms with Crippen molar-refractivity contribution in [1.82, 2.24) is 0 Å². The summed E-state index contributed by atoms with van der Waals surface area (Å²) in [6.45, 7) is 9.41. The highest BCUT2D eigenvalue weighted by Gasteiger charge is 2.09. The van der Waals surface area contributed by atoms with Gasteiger partial charge in [0.2, 0.25) is 0 Å². The first kappa shape index (κ1) is 34.1. The van der Waals surface area contributed by atoms with Crippen LogP contribution >= 0.6 is 0 Å². The van der Waals surface area contributed by atoms with Crippen molar-refractivity contribution in [2.75, 3.05) is 26.4 Å². The molecule has 0 amide bonds. The van der Waals surface area contributed by atoms with E-state index < -0.39 is 0 Å². The Morgan fingerprint density at radius 3 is 1.44 bits per heavy atom. The van der Waals surface area contributed by atoms with Crippen molar-refractivity contribution in [2.45, 2.75) is 91.9 Å². The maximum absolute atomic E-state index is 12.0. The van der Waals surface area contributed by atoms with Crippen LogP contribution in [0.15, 0.2) is 36.4 Å². The fourth-order valence-corrected chi connectivity index (χ4v) is 4.67. The van der Waals surface area contributed by atoms with E-state index >= 15 is 0 Å². The molecule has 0 aliphatic heterocycles. The Labute approximate surface area is 246 Å². The van der Waals surface area contributed by atoms with E-state index in [1.165, 1.54) is 11.1 Å². The number of carbonyl (C=O) groups is 2. The van der Waals surface area contributed by atoms with E-state index in [9.17, 15) is 19.8 Å². The first-order chi connectivity index (χ1) is 19.6. The second-order valence-electron chi connectivity index (χ2n) is 11.6. The van der Waals surface area contributed by atoms with Gasteiger partial charge in [-0.1, -0.05) is 52.0 Å². The minimum absolute atomic E-state index is 0.180. The van der Waals surface area contributed by atoms with Crippen molar-refractivity contribution in [2.24, 2.45) is 11.8 Å². The second kappa shape index (κ2) is 19.1. The lowest BCUT2D eigenvalue weighted by atomic mass is 9.98. The third-order valence-corrected chi connectivity index (χ3v) is 6.72. The quantitative estimate of drug-likeness (QED) is 0.134. The minimum atomic E-state index is -0.241. The SMILES string of the molecule is CC(C)Cc1cc(CCCCC(=O)OCCOCCOC(=O)CCCCc2ccc(O)c(CC(C)C)c2)ccc1O. The molecule has 0 atom stereocenters. The van der Waals surface area contributed by atoms with Crippen LogP contribution in [0, 0.1) is 11.8 Å². The number of aromatic hydroxyl groups is 2.